The van der Waals surface area contributed by atoms with Crippen molar-refractivity contribution in [2.45, 2.75) is 24.8 Å². The molecule has 2 aliphatic heterocycles. The Morgan fingerprint density at radius 1 is 1.42 bits per heavy atom. The molecule has 3 N–H and O–H groups in total. The number of ether oxygens (including phenoxy) is 2. The van der Waals surface area contributed by atoms with E-state index in [4.69, 9.17) is 10.5 Å². The van der Waals surface area contributed by atoms with E-state index in [0.717, 1.165) is 26.0 Å². The highest BCUT2D eigenvalue weighted by Gasteiger charge is 2.56. The Morgan fingerprint density at radius 2 is 2.21 bits per heavy atom. The molecule has 8 heteroatoms. The summed E-state index contributed by atoms with van der Waals surface area (Å²) in [5, 5.41) is 3.15. The molecule has 0 saturated carbocycles. The standard InChI is InChI=1S/C16H20F3N3O2/c1-15(16(18,19)9-24-14(20)22-15)12-6-11(2-3-13(12)17)21-7-10-4-5-23-8-10/h2-3,6,10,21H,4-5,7-9H2,1H3,(H2,20,22). The van der Waals surface area contributed by atoms with Crippen molar-refractivity contribution in [1.29, 1.82) is 0 Å². The number of rotatable bonds is 4. The molecule has 1 aromatic rings. The maximum absolute atomic E-state index is 14.4. The number of benzene rings is 1. The smallest absolute Gasteiger partial charge is 0.310 e. The molecule has 0 aromatic heterocycles. The number of aliphatic imine (C=N–C) groups is 1. The van der Waals surface area contributed by atoms with Crippen LogP contribution < -0.4 is 11.1 Å². The van der Waals surface area contributed by atoms with Crippen molar-refractivity contribution in [3.05, 3.63) is 29.6 Å². The summed E-state index contributed by atoms with van der Waals surface area (Å²) >= 11 is 0. The van der Waals surface area contributed by atoms with Gasteiger partial charge in [0.1, 0.15) is 5.82 Å². The summed E-state index contributed by atoms with van der Waals surface area (Å²) in [5.74, 6) is -3.79. The van der Waals surface area contributed by atoms with Crippen LogP contribution in [-0.4, -0.2) is 38.3 Å². The van der Waals surface area contributed by atoms with Gasteiger partial charge in [-0.2, -0.15) is 8.78 Å². The van der Waals surface area contributed by atoms with Crippen molar-refractivity contribution in [2.24, 2.45) is 16.6 Å². The summed E-state index contributed by atoms with van der Waals surface area (Å²) in [6.45, 7) is 2.24. The lowest BCUT2D eigenvalue weighted by atomic mass is 9.85. The van der Waals surface area contributed by atoms with Gasteiger partial charge in [0, 0.05) is 30.3 Å². The highest BCUT2D eigenvalue weighted by molar-refractivity contribution is 5.73. The normalized spacial score (nSPS) is 29.0. The second-order valence-corrected chi connectivity index (χ2v) is 6.32. The van der Waals surface area contributed by atoms with E-state index >= 15 is 0 Å². The van der Waals surface area contributed by atoms with Crippen LogP contribution in [-0.2, 0) is 15.0 Å². The summed E-state index contributed by atoms with van der Waals surface area (Å²) in [5.41, 5.74) is 3.66. The van der Waals surface area contributed by atoms with Gasteiger partial charge >= 0.3 is 5.92 Å². The maximum atomic E-state index is 14.4. The van der Waals surface area contributed by atoms with Crippen LogP contribution in [0.1, 0.15) is 18.9 Å². The Balaban J connectivity index is 1.88. The van der Waals surface area contributed by atoms with Crippen LogP contribution in [0.5, 0.6) is 0 Å². The van der Waals surface area contributed by atoms with E-state index < -0.39 is 23.9 Å². The number of nitrogens with zero attached hydrogens (tertiary/aromatic N) is 1. The monoisotopic (exact) mass is 343 g/mol. The van der Waals surface area contributed by atoms with Crippen molar-refractivity contribution in [3.63, 3.8) is 0 Å². The number of hydrogen-bond donors (Lipinski definition) is 2. The molecule has 0 aliphatic carbocycles. The third-order valence-electron chi connectivity index (χ3n) is 4.56. The lowest BCUT2D eigenvalue weighted by Gasteiger charge is -2.37. The molecule has 3 rings (SSSR count). The predicted octanol–water partition coefficient (Wildman–Crippen LogP) is 2.47. The average molecular weight is 343 g/mol. The summed E-state index contributed by atoms with van der Waals surface area (Å²) < 4.78 is 52.9. The molecule has 0 spiro atoms. The number of halogens is 3. The van der Waals surface area contributed by atoms with E-state index in [1.54, 1.807) is 0 Å². The third kappa shape index (κ3) is 3.02. The second-order valence-electron chi connectivity index (χ2n) is 6.32. The minimum absolute atomic E-state index is 0.216. The van der Waals surface area contributed by atoms with Gasteiger partial charge < -0.3 is 20.5 Å². The largest absolute Gasteiger partial charge is 0.459 e. The van der Waals surface area contributed by atoms with Crippen LogP contribution in [0.3, 0.4) is 0 Å². The Morgan fingerprint density at radius 3 is 2.92 bits per heavy atom. The maximum Gasteiger partial charge on any atom is 0.310 e. The fraction of sp³-hybridized carbons (Fsp3) is 0.562. The van der Waals surface area contributed by atoms with E-state index in [-0.39, 0.29) is 11.6 Å². The number of hydrogen-bond acceptors (Lipinski definition) is 5. The van der Waals surface area contributed by atoms with Gasteiger partial charge in [-0.15, -0.1) is 0 Å². The minimum Gasteiger partial charge on any atom is -0.459 e. The Kier molecular flexibility index (Phi) is 4.33. The first kappa shape index (κ1) is 16.9. The molecular formula is C16H20F3N3O2. The minimum atomic E-state index is -3.38. The van der Waals surface area contributed by atoms with Crippen LogP contribution in [0.2, 0.25) is 0 Å². The zero-order chi connectivity index (χ0) is 17.4. The van der Waals surface area contributed by atoms with Crippen LogP contribution in [0.25, 0.3) is 0 Å². The molecular weight excluding hydrogens is 323 g/mol. The van der Waals surface area contributed by atoms with Crippen molar-refractivity contribution < 1.29 is 22.6 Å². The molecule has 0 radical (unpaired) electrons. The summed E-state index contributed by atoms with van der Waals surface area (Å²) in [4.78, 5) is 3.71. The Labute approximate surface area is 138 Å². The molecule has 2 atom stereocenters. The molecule has 0 amide bonds. The number of amidine groups is 1. The van der Waals surface area contributed by atoms with Gasteiger partial charge in [0.05, 0.1) is 6.61 Å². The van der Waals surface area contributed by atoms with Crippen LogP contribution >= 0.6 is 0 Å². The van der Waals surface area contributed by atoms with Gasteiger partial charge in [-0.1, -0.05) is 0 Å². The predicted molar refractivity (Wildman–Crippen MR) is 83.7 cm³/mol. The first-order chi connectivity index (χ1) is 11.3. The zero-order valence-electron chi connectivity index (χ0n) is 13.3. The van der Waals surface area contributed by atoms with E-state index in [1.807, 2.05) is 0 Å². The number of nitrogens with one attached hydrogen (secondary N) is 1. The van der Waals surface area contributed by atoms with Crippen LogP contribution in [0.4, 0.5) is 18.9 Å². The van der Waals surface area contributed by atoms with Gasteiger partial charge in [0.15, 0.2) is 12.1 Å². The molecule has 1 fully saturated rings. The van der Waals surface area contributed by atoms with Crippen molar-refractivity contribution in [3.8, 4) is 0 Å². The van der Waals surface area contributed by atoms with Gasteiger partial charge in [-0.25, -0.2) is 9.38 Å². The topological polar surface area (TPSA) is 68.9 Å². The summed E-state index contributed by atoms with van der Waals surface area (Å²) in [6.07, 6.45) is 0.939. The van der Waals surface area contributed by atoms with Gasteiger partial charge in [0.25, 0.3) is 6.02 Å². The van der Waals surface area contributed by atoms with Crippen LogP contribution in [0, 0.1) is 11.7 Å². The number of anilines is 1. The molecule has 1 aromatic carbocycles. The number of alkyl halides is 2. The van der Waals surface area contributed by atoms with E-state index in [0.29, 0.717) is 24.8 Å². The second kappa shape index (κ2) is 6.16. The first-order valence-corrected chi connectivity index (χ1v) is 7.79. The number of nitrogens with two attached hydrogens (primary N) is 1. The molecule has 2 aliphatic rings. The average Bonchev–Trinajstić information content (AvgIpc) is 3.04. The highest BCUT2D eigenvalue weighted by Crippen LogP contribution is 2.44. The van der Waals surface area contributed by atoms with Gasteiger partial charge in [-0.05, 0) is 31.5 Å². The quantitative estimate of drug-likeness (QED) is 0.881. The molecule has 0 bridgehead atoms. The SMILES string of the molecule is CC1(c2cc(NCC3CCOC3)ccc2F)N=C(N)OCC1(F)F. The van der Waals surface area contributed by atoms with Crippen molar-refractivity contribution in [2.75, 3.05) is 31.7 Å². The van der Waals surface area contributed by atoms with Crippen LogP contribution in [0.15, 0.2) is 23.2 Å². The van der Waals surface area contributed by atoms with E-state index in [9.17, 15) is 13.2 Å². The fourth-order valence-electron chi connectivity index (χ4n) is 2.91. The van der Waals surface area contributed by atoms with Crippen molar-refractivity contribution in [1.82, 2.24) is 0 Å². The third-order valence-corrected chi connectivity index (χ3v) is 4.56. The molecule has 1 saturated heterocycles. The van der Waals surface area contributed by atoms with Crippen molar-refractivity contribution >= 4 is 11.7 Å². The van der Waals surface area contributed by atoms with E-state index in [2.05, 4.69) is 15.0 Å². The highest BCUT2D eigenvalue weighted by atomic mass is 19.3. The Bertz CT molecular complexity index is 647. The molecule has 2 heterocycles. The molecule has 5 nitrogen and oxygen atoms in total. The summed E-state index contributed by atoms with van der Waals surface area (Å²) in [6, 6.07) is 3.67. The molecule has 2 unspecified atom stereocenters. The Hall–Kier alpha value is -1.96. The zero-order valence-corrected chi connectivity index (χ0v) is 13.3. The first-order valence-electron chi connectivity index (χ1n) is 7.79. The lowest BCUT2D eigenvalue weighted by molar-refractivity contribution is -0.117. The summed E-state index contributed by atoms with van der Waals surface area (Å²) in [7, 11) is 0. The molecule has 132 valence electrons. The molecule has 24 heavy (non-hydrogen) atoms. The van der Waals surface area contributed by atoms with Gasteiger partial charge in [0.2, 0.25) is 0 Å². The fourth-order valence-corrected chi connectivity index (χ4v) is 2.91. The van der Waals surface area contributed by atoms with E-state index in [1.165, 1.54) is 12.1 Å². The lowest BCUT2D eigenvalue weighted by Crippen LogP contribution is -2.51. The van der Waals surface area contributed by atoms with Gasteiger partial charge in [-0.3, -0.25) is 0 Å².